The molecule has 0 saturated carbocycles. The first kappa shape index (κ1) is 13.1. The fourth-order valence-electron chi connectivity index (χ4n) is 1.80. The molecular formula is C16H15NO2. The highest BCUT2D eigenvalue weighted by atomic mass is 16.2. The van der Waals surface area contributed by atoms with E-state index in [1.807, 2.05) is 6.07 Å². The van der Waals surface area contributed by atoms with Crippen molar-refractivity contribution in [1.29, 1.82) is 0 Å². The van der Waals surface area contributed by atoms with E-state index in [0.717, 1.165) is 24.2 Å². The van der Waals surface area contributed by atoms with Gasteiger partial charge in [0.05, 0.1) is 11.3 Å². The van der Waals surface area contributed by atoms with Crippen molar-refractivity contribution in [2.75, 3.05) is 4.90 Å². The molecule has 0 unspecified atom stereocenters. The summed E-state index contributed by atoms with van der Waals surface area (Å²) in [5.74, 6) is 5.07. The predicted octanol–water partition coefficient (Wildman–Crippen LogP) is 2.68. The molecule has 0 aliphatic carbocycles. The Labute approximate surface area is 112 Å². The Morgan fingerprint density at radius 2 is 1.89 bits per heavy atom. The van der Waals surface area contributed by atoms with Crippen molar-refractivity contribution >= 4 is 17.5 Å². The van der Waals surface area contributed by atoms with Gasteiger partial charge in [0.1, 0.15) is 0 Å². The third kappa shape index (κ3) is 2.92. The van der Waals surface area contributed by atoms with Crippen LogP contribution in [0.1, 0.15) is 26.2 Å². The fraction of sp³-hybridized carbons (Fsp3) is 0.250. The zero-order valence-electron chi connectivity index (χ0n) is 10.8. The Kier molecular flexibility index (Phi) is 4.15. The van der Waals surface area contributed by atoms with E-state index in [0.29, 0.717) is 5.69 Å². The minimum absolute atomic E-state index is 0.282. The van der Waals surface area contributed by atoms with Crippen LogP contribution in [-0.2, 0) is 9.59 Å². The summed E-state index contributed by atoms with van der Waals surface area (Å²) >= 11 is 0. The first-order valence-corrected chi connectivity index (χ1v) is 6.38. The molecule has 19 heavy (non-hydrogen) atoms. The number of benzene rings is 1. The first-order chi connectivity index (χ1) is 9.24. The van der Waals surface area contributed by atoms with Crippen LogP contribution in [0.4, 0.5) is 5.69 Å². The van der Waals surface area contributed by atoms with Crippen molar-refractivity contribution < 1.29 is 9.59 Å². The number of imide groups is 1. The first-order valence-electron chi connectivity index (χ1n) is 6.38. The third-order valence-electron chi connectivity index (χ3n) is 2.81. The zero-order valence-corrected chi connectivity index (χ0v) is 10.8. The largest absolute Gasteiger partial charge is 0.274 e. The highest BCUT2D eigenvalue weighted by Crippen LogP contribution is 2.21. The number of anilines is 1. The maximum Gasteiger partial charge on any atom is 0.274 e. The van der Waals surface area contributed by atoms with Gasteiger partial charge in [-0.3, -0.25) is 9.59 Å². The third-order valence-corrected chi connectivity index (χ3v) is 2.81. The van der Waals surface area contributed by atoms with Crippen LogP contribution in [0, 0.1) is 11.8 Å². The molecule has 0 saturated heterocycles. The molecule has 1 aromatic rings. The number of carbonyl (C=O) groups excluding carboxylic acids is 2. The molecule has 1 aliphatic heterocycles. The number of carbonyl (C=O) groups is 2. The van der Waals surface area contributed by atoms with Crippen molar-refractivity contribution in [3.63, 3.8) is 0 Å². The van der Waals surface area contributed by atoms with Gasteiger partial charge in [0.25, 0.3) is 11.8 Å². The molecule has 0 fully saturated rings. The Morgan fingerprint density at radius 1 is 1.16 bits per heavy atom. The predicted molar refractivity (Wildman–Crippen MR) is 74.3 cm³/mol. The maximum atomic E-state index is 12.1. The van der Waals surface area contributed by atoms with Gasteiger partial charge in [-0.25, -0.2) is 4.90 Å². The van der Waals surface area contributed by atoms with Crippen LogP contribution in [0.2, 0.25) is 0 Å². The monoisotopic (exact) mass is 253 g/mol. The second-order valence-corrected chi connectivity index (χ2v) is 4.28. The van der Waals surface area contributed by atoms with Crippen LogP contribution in [-0.4, -0.2) is 11.8 Å². The van der Waals surface area contributed by atoms with E-state index >= 15 is 0 Å². The molecule has 96 valence electrons. The standard InChI is InChI=1S/C16H15NO2/c1-2-3-4-6-9-13-12-15(18)17(16(13)19)14-10-7-5-8-11-14/h5,7-8,10-12H,2-4H2,1H3. The molecular weight excluding hydrogens is 238 g/mol. The second-order valence-electron chi connectivity index (χ2n) is 4.28. The molecule has 3 heteroatoms. The van der Waals surface area contributed by atoms with Crippen LogP contribution < -0.4 is 4.90 Å². The number of para-hydroxylation sites is 1. The summed E-state index contributed by atoms with van der Waals surface area (Å²) in [5, 5.41) is 0. The molecule has 0 radical (unpaired) electrons. The number of unbranched alkanes of at least 4 members (excludes halogenated alkanes) is 2. The van der Waals surface area contributed by atoms with Crippen LogP contribution in [0.5, 0.6) is 0 Å². The average molecular weight is 253 g/mol. The van der Waals surface area contributed by atoms with Gasteiger partial charge in [0.15, 0.2) is 0 Å². The molecule has 2 amide bonds. The van der Waals surface area contributed by atoms with Crippen LogP contribution in [0.15, 0.2) is 42.0 Å². The normalized spacial score (nSPS) is 14.2. The van der Waals surface area contributed by atoms with Crippen molar-refractivity contribution in [2.45, 2.75) is 26.2 Å². The van der Waals surface area contributed by atoms with E-state index in [-0.39, 0.29) is 17.4 Å². The molecule has 0 atom stereocenters. The van der Waals surface area contributed by atoms with Crippen LogP contribution in [0.3, 0.4) is 0 Å². The van der Waals surface area contributed by atoms with Crippen molar-refractivity contribution in [3.8, 4) is 11.8 Å². The molecule has 0 N–H and O–H groups in total. The Bertz CT molecular complexity index is 576. The second kappa shape index (κ2) is 6.01. The van der Waals surface area contributed by atoms with E-state index in [2.05, 4.69) is 18.8 Å². The summed E-state index contributed by atoms with van der Waals surface area (Å²) in [5.41, 5.74) is 0.865. The lowest BCUT2D eigenvalue weighted by Crippen LogP contribution is -2.30. The fourth-order valence-corrected chi connectivity index (χ4v) is 1.80. The van der Waals surface area contributed by atoms with E-state index in [4.69, 9.17) is 0 Å². The SMILES string of the molecule is CCCCC#CC1=CC(=O)N(c2ccccc2)C1=O. The van der Waals surface area contributed by atoms with E-state index in [1.165, 1.54) is 6.08 Å². The summed E-state index contributed by atoms with van der Waals surface area (Å²) in [7, 11) is 0. The van der Waals surface area contributed by atoms with Gasteiger partial charge in [0.2, 0.25) is 0 Å². The molecule has 0 aromatic heterocycles. The van der Waals surface area contributed by atoms with Gasteiger partial charge in [-0.1, -0.05) is 43.4 Å². The minimum Gasteiger partial charge on any atom is -0.269 e. The van der Waals surface area contributed by atoms with E-state index < -0.39 is 0 Å². The lowest BCUT2D eigenvalue weighted by atomic mass is 10.2. The van der Waals surface area contributed by atoms with Gasteiger partial charge in [0, 0.05) is 12.5 Å². The number of hydrogen-bond donors (Lipinski definition) is 0. The molecule has 0 bridgehead atoms. The smallest absolute Gasteiger partial charge is 0.269 e. The highest BCUT2D eigenvalue weighted by Gasteiger charge is 2.31. The quantitative estimate of drug-likeness (QED) is 0.472. The van der Waals surface area contributed by atoms with Crippen LogP contribution >= 0.6 is 0 Å². The zero-order chi connectivity index (χ0) is 13.7. The van der Waals surface area contributed by atoms with Gasteiger partial charge in [-0.05, 0) is 18.6 Å². The van der Waals surface area contributed by atoms with Gasteiger partial charge >= 0.3 is 0 Å². The summed E-state index contributed by atoms with van der Waals surface area (Å²) in [4.78, 5) is 25.1. The molecule has 1 heterocycles. The molecule has 1 aliphatic rings. The summed E-state index contributed by atoms with van der Waals surface area (Å²) in [6.07, 6.45) is 4.14. The number of nitrogens with zero attached hydrogens (tertiary/aromatic N) is 1. The summed E-state index contributed by atoms with van der Waals surface area (Å²) < 4.78 is 0. The van der Waals surface area contributed by atoms with E-state index in [1.54, 1.807) is 24.3 Å². The average Bonchev–Trinajstić information content (AvgIpc) is 2.71. The maximum absolute atomic E-state index is 12.1. The molecule has 2 rings (SSSR count). The number of hydrogen-bond acceptors (Lipinski definition) is 2. The lowest BCUT2D eigenvalue weighted by Gasteiger charge is -2.13. The van der Waals surface area contributed by atoms with Crippen molar-refractivity contribution in [1.82, 2.24) is 0 Å². The Morgan fingerprint density at radius 3 is 2.58 bits per heavy atom. The minimum atomic E-state index is -0.333. The van der Waals surface area contributed by atoms with Gasteiger partial charge in [-0.15, -0.1) is 0 Å². The topological polar surface area (TPSA) is 37.4 Å². The lowest BCUT2D eigenvalue weighted by molar-refractivity contribution is -0.120. The molecule has 1 aromatic carbocycles. The highest BCUT2D eigenvalue weighted by molar-refractivity contribution is 6.32. The van der Waals surface area contributed by atoms with E-state index in [9.17, 15) is 9.59 Å². The van der Waals surface area contributed by atoms with Gasteiger partial charge < -0.3 is 0 Å². The molecule has 3 nitrogen and oxygen atoms in total. The van der Waals surface area contributed by atoms with Gasteiger partial charge in [-0.2, -0.15) is 0 Å². The van der Waals surface area contributed by atoms with Crippen LogP contribution in [0.25, 0.3) is 0 Å². The van der Waals surface area contributed by atoms with Crippen molar-refractivity contribution in [3.05, 3.63) is 42.0 Å². The number of rotatable bonds is 3. The Hall–Kier alpha value is -2.34. The van der Waals surface area contributed by atoms with Crippen molar-refractivity contribution in [2.24, 2.45) is 0 Å². The number of amides is 2. The summed E-state index contributed by atoms with van der Waals surface area (Å²) in [6.45, 7) is 2.09. The Balaban J connectivity index is 2.14. The molecule has 0 spiro atoms. The summed E-state index contributed by atoms with van der Waals surface area (Å²) in [6, 6.07) is 8.89.